The van der Waals surface area contributed by atoms with Gasteiger partial charge >= 0.3 is 5.97 Å². The lowest BCUT2D eigenvalue weighted by atomic mass is 10.0. The van der Waals surface area contributed by atoms with E-state index in [0.717, 1.165) is 30.8 Å². The van der Waals surface area contributed by atoms with Crippen LogP contribution in [0.2, 0.25) is 0 Å². The first-order valence-electron chi connectivity index (χ1n) is 11.6. The molecule has 2 rings (SSSR count). The highest BCUT2D eigenvalue weighted by atomic mass is 16.5. The molecule has 0 spiro atoms. The lowest BCUT2D eigenvalue weighted by Gasteiger charge is -2.16. The maximum absolute atomic E-state index is 12.4. The minimum atomic E-state index is -0.207. The van der Waals surface area contributed by atoms with Crippen molar-refractivity contribution in [2.45, 2.75) is 38.7 Å². The molecule has 0 bridgehead atoms. The number of hydrogen-bond donors (Lipinski definition) is 3. The Labute approximate surface area is 197 Å². The number of esters is 1. The summed E-state index contributed by atoms with van der Waals surface area (Å²) < 4.78 is 10.3. The van der Waals surface area contributed by atoms with Gasteiger partial charge in [0, 0.05) is 38.7 Å². The van der Waals surface area contributed by atoms with Crippen molar-refractivity contribution in [1.29, 1.82) is 0 Å². The fourth-order valence-electron chi connectivity index (χ4n) is 3.39. The molecule has 1 aromatic rings. The molecule has 3 N–H and O–H groups in total. The van der Waals surface area contributed by atoms with E-state index in [1.807, 2.05) is 36.4 Å². The van der Waals surface area contributed by atoms with Crippen LogP contribution in [0.1, 0.15) is 38.2 Å². The third kappa shape index (κ3) is 11.6. The summed E-state index contributed by atoms with van der Waals surface area (Å²) in [5.41, 5.74) is 3.10. The molecule has 0 fully saturated rings. The summed E-state index contributed by atoms with van der Waals surface area (Å²) in [4.78, 5) is 23.8. The number of carbonyl (C=O) groups excluding carboxylic acids is 2. The molecule has 1 aromatic carbocycles. The van der Waals surface area contributed by atoms with E-state index in [-0.39, 0.29) is 24.5 Å². The van der Waals surface area contributed by atoms with Crippen LogP contribution >= 0.6 is 0 Å². The van der Waals surface area contributed by atoms with Gasteiger partial charge in [0.05, 0.1) is 19.3 Å². The van der Waals surface area contributed by atoms with E-state index in [2.05, 4.69) is 34.2 Å². The number of rotatable bonds is 15. The zero-order chi connectivity index (χ0) is 23.7. The lowest BCUT2D eigenvalue weighted by Crippen LogP contribution is -2.34. The maximum atomic E-state index is 12.4. The molecule has 0 saturated heterocycles. The van der Waals surface area contributed by atoms with Gasteiger partial charge in [0.25, 0.3) is 0 Å². The maximum Gasteiger partial charge on any atom is 0.305 e. The summed E-state index contributed by atoms with van der Waals surface area (Å²) in [6.45, 7) is 4.44. The topological polar surface area (TPSA) is 88.7 Å². The van der Waals surface area contributed by atoms with E-state index in [9.17, 15) is 9.59 Å². The van der Waals surface area contributed by atoms with Crippen LogP contribution < -0.4 is 16.0 Å². The van der Waals surface area contributed by atoms with Gasteiger partial charge in [-0.2, -0.15) is 0 Å². The number of hydrogen-bond acceptors (Lipinski definition) is 6. The second-order valence-corrected chi connectivity index (χ2v) is 7.79. The summed E-state index contributed by atoms with van der Waals surface area (Å²) in [7, 11) is 1.73. The Kier molecular flexibility index (Phi) is 12.8. The minimum absolute atomic E-state index is 0.103. The fourth-order valence-corrected chi connectivity index (χ4v) is 3.39. The SMILES string of the molecule is CCOC(=O)CCCNCC(=O)N/C(=C/c1ccccc1)CCNCC1=CC(OC)CC=C1. The van der Waals surface area contributed by atoms with Crippen molar-refractivity contribution in [1.82, 2.24) is 16.0 Å². The van der Waals surface area contributed by atoms with Gasteiger partial charge in [-0.15, -0.1) is 0 Å². The second-order valence-electron chi connectivity index (χ2n) is 7.79. The molecule has 1 aliphatic rings. The predicted octanol–water partition coefficient (Wildman–Crippen LogP) is 2.96. The Hall–Kier alpha value is -2.74. The molecule has 1 unspecified atom stereocenters. The van der Waals surface area contributed by atoms with Crippen molar-refractivity contribution in [3.05, 3.63) is 65.4 Å². The van der Waals surface area contributed by atoms with E-state index in [1.165, 1.54) is 5.57 Å². The summed E-state index contributed by atoms with van der Waals surface area (Å²) >= 11 is 0. The van der Waals surface area contributed by atoms with Crippen LogP contribution in [0, 0.1) is 0 Å². The number of benzene rings is 1. The minimum Gasteiger partial charge on any atom is -0.466 e. The summed E-state index contributed by atoms with van der Waals surface area (Å²) in [6.07, 6.45) is 11.1. The van der Waals surface area contributed by atoms with Crippen LogP contribution in [-0.2, 0) is 19.1 Å². The van der Waals surface area contributed by atoms with Gasteiger partial charge in [-0.05, 0) is 43.5 Å². The number of ether oxygens (including phenoxy) is 2. The summed E-state index contributed by atoms with van der Waals surface area (Å²) in [5.74, 6) is -0.310. The van der Waals surface area contributed by atoms with Crippen molar-refractivity contribution in [2.75, 3.05) is 39.9 Å². The van der Waals surface area contributed by atoms with Crippen molar-refractivity contribution >= 4 is 18.0 Å². The van der Waals surface area contributed by atoms with E-state index in [4.69, 9.17) is 9.47 Å². The van der Waals surface area contributed by atoms with Gasteiger partial charge in [-0.25, -0.2) is 0 Å². The molecule has 0 aromatic heterocycles. The molecule has 0 radical (unpaired) electrons. The molecule has 1 atom stereocenters. The van der Waals surface area contributed by atoms with Gasteiger partial charge in [-0.1, -0.05) is 48.6 Å². The first-order valence-corrected chi connectivity index (χ1v) is 11.6. The average molecular weight is 456 g/mol. The normalized spacial score (nSPS) is 15.8. The molecule has 1 aliphatic carbocycles. The molecular formula is C26H37N3O4. The van der Waals surface area contributed by atoms with Crippen LogP contribution in [0.15, 0.2) is 59.8 Å². The molecule has 0 aliphatic heterocycles. The molecule has 0 saturated carbocycles. The summed E-state index contributed by atoms with van der Waals surface area (Å²) in [5, 5.41) is 9.55. The zero-order valence-electron chi connectivity index (χ0n) is 19.8. The third-order valence-electron chi connectivity index (χ3n) is 5.07. The fraction of sp³-hybridized carbons (Fsp3) is 0.462. The molecule has 7 nitrogen and oxygen atoms in total. The standard InChI is InChI=1S/C26H37N3O4/c1-3-33-26(31)13-8-15-27-20-25(30)29-23(17-21-9-5-4-6-10-21)14-16-28-19-22-11-7-12-24(18-22)32-2/h4-7,9-11,17-18,24,27-28H,3,8,12-16,19-20H2,1-2H3,(H,29,30)/b23-17+. The van der Waals surface area contributed by atoms with Gasteiger partial charge in [-0.3, -0.25) is 9.59 Å². The Morgan fingerprint density at radius 3 is 2.70 bits per heavy atom. The largest absolute Gasteiger partial charge is 0.466 e. The van der Waals surface area contributed by atoms with Crippen LogP contribution in [0.5, 0.6) is 0 Å². The van der Waals surface area contributed by atoms with Crippen molar-refractivity contribution in [3.8, 4) is 0 Å². The number of methoxy groups -OCH3 is 1. The van der Waals surface area contributed by atoms with E-state index in [1.54, 1.807) is 14.0 Å². The molecule has 0 heterocycles. The molecule has 1 amide bonds. The van der Waals surface area contributed by atoms with Crippen LogP contribution in [0.25, 0.3) is 6.08 Å². The quantitative estimate of drug-likeness (QED) is 0.278. The smallest absolute Gasteiger partial charge is 0.305 e. The van der Waals surface area contributed by atoms with Crippen LogP contribution in [-0.4, -0.2) is 57.9 Å². The summed E-state index contributed by atoms with van der Waals surface area (Å²) in [6, 6.07) is 9.94. The average Bonchev–Trinajstić information content (AvgIpc) is 2.82. The Balaban J connectivity index is 1.79. The highest BCUT2D eigenvalue weighted by molar-refractivity contribution is 5.81. The molecule has 180 valence electrons. The Morgan fingerprint density at radius 2 is 1.94 bits per heavy atom. The van der Waals surface area contributed by atoms with Crippen molar-refractivity contribution in [2.24, 2.45) is 0 Å². The number of nitrogens with one attached hydrogen (secondary N) is 3. The lowest BCUT2D eigenvalue weighted by molar-refractivity contribution is -0.143. The van der Waals surface area contributed by atoms with Crippen LogP contribution in [0.4, 0.5) is 0 Å². The van der Waals surface area contributed by atoms with Crippen molar-refractivity contribution in [3.63, 3.8) is 0 Å². The van der Waals surface area contributed by atoms with E-state index < -0.39 is 0 Å². The van der Waals surface area contributed by atoms with Gasteiger partial charge in [0.2, 0.25) is 5.91 Å². The molecule has 7 heteroatoms. The predicted molar refractivity (Wildman–Crippen MR) is 131 cm³/mol. The second kappa shape index (κ2) is 16.0. The van der Waals surface area contributed by atoms with Crippen molar-refractivity contribution < 1.29 is 19.1 Å². The first-order chi connectivity index (χ1) is 16.1. The zero-order valence-corrected chi connectivity index (χ0v) is 19.8. The van der Waals surface area contributed by atoms with Gasteiger partial charge < -0.3 is 25.4 Å². The van der Waals surface area contributed by atoms with Crippen LogP contribution in [0.3, 0.4) is 0 Å². The monoisotopic (exact) mass is 455 g/mol. The number of amides is 1. The highest BCUT2D eigenvalue weighted by Crippen LogP contribution is 2.12. The van der Waals surface area contributed by atoms with Gasteiger partial charge in [0.1, 0.15) is 0 Å². The molecular weight excluding hydrogens is 418 g/mol. The van der Waals surface area contributed by atoms with Gasteiger partial charge in [0.15, 0.2) is 0 Å². The molecule has 33 heavy (non-hydrogen) atoms. The highest BCUT2D eigenvalue weighted by Gasteiger charge is 2.09. The number of carbonyl (C=O) groups is 2. The van der Waals surface area contributed by atoms with E-state index >= 15 is 0 Å². The Morgan fingerprint density at radius 1 is 1.12 bits per heavy atom. The first kappa shape index (κ1) is 26.5. The van der Waals surface area contributed by atoms with E-state index in [0.29, 0.717) is 32.4 Å². The Bertz CT molecular complexity index is 818. The third-order valence-corrected chi connectivity index (χ3v) is 5.07.